The summed E-state index contributed by atoms with van der Waals surface area (Å²) in [4.78, 5) is 42.9. The lowest BCUT2D eigenvalue weighted by Crippen LogP contribution is -2.03. The van der Waals surface area contributed by atoms with E-state index >= 15 is 0 Å². The van der Waals surface area contributed by atoms with Gasteiger partial charge in [0, 0.05) is 31.9 Å². The smallest absolute Gasteiger partial charge is 0.342 e. The molecule has 0 fully saturated rings. The minimum absolute atomic E-state index is 0.0365. The van der Waals surface area contributed by atoms with Crippen LogP contribution in [0.25, 0.3) is 21.9 Å². The monoisotopic (exact) mass is 598 g/mol. The maximum atomic E-state index is 11.6. The first-order chi connectivity index (χ1) is 16.0. The lowest BCUT2D eigenvalue weighted by atomic mass is 10.1. The summed E-state index contributed by atoms with van der Waals surface area (Å²) in [5.74, 6) is -1.75. The van der Waals surface area contributed by atoms with Gasteiger partial charge in [-0.3, -0.25) is 20.2 Å². The van der Waals surface area contributed by atoms with E-state index in [1.807, 2.05) is 0 Å². The molecule has 176 valence electrons. The minimum atomic E-state index is -1.19. The van der Waals surface area contributed by atoms with Crippen LogP contribution in [0.2, 0.25) is 0 Å². The van der Waals surface area contributed by atoms with E-state index < -0.39 is 21.8 Å². The Labute approximate surface area is 205 Å². The van der Waals surface area contributed by atoms with E-state index in [-0.39, 0.29) is 45.7 Å². The van der Waals surface area contributed by atoms with E-state index in [4.69, 9.17) is 18.7 Å². The Kier molecular flexibility index (Phi) is 7.32. The van der Waals surface area contributed by atoms with Crippen LogP contribution < -0.4 is 0 Å². The van der Waals surface area contributed by atoms with Crippen molar-refractivity contribution in [2.24, 2.45) is 0 Å². The third-order valence-corrected chi connectivity index (χ3v) is 5.27. The number of fused-ring (bicyclic) bond motifs is 2. The van der Waals surface area contributed by atoms with Gasteiger partial charge in [0.25, 0.3) is 0 Å². The zero-order valence-corrected chi connectivity index (χ0v) is 20.1. The van der Waals surface area contributed by atoms with Crippen LogP contribution in [0.3, 0.4) is 0 Å². The zero-order chi connectivity index (χ0) is 25.2. The number of furan rings is 2. The van der Waals surface area contributed by atoms with Gasteiger partial charge >= 0.3 is 23.3 Å². The molecule has 2 aromatic carbocycles. The molecule has 0 aliphatic rings. The average molecular weight is 600 g/mol. The molecular weight excluding hydrogens is 588 g/mol. The molecule has 0 aliphatic carbocycles. The number of hydrogen-bond acceptors (Lipinski definition) is 9. The number of hydrogen-bond donors (Lipinski definition) is 1. The van der Waals surface area contributed by atoms with Crippen molar-refractivity contribution in [3.63, 3.8) is 0 Å². The molecule has 0 atom stereocenters. The van der Waals surface area contributed by atoms with Crippen molar-refractivity contribution in [2.75, 3.05) is 6.61 Å². The van der Waals surface area contributed by atoms with Crippen LogP contribution in [0.4, 0.5) is 11.4 Å². The lowest BCUT2D eigenvalue weighted by molar-refractivity contribution is -0.383. The fourth-order valence-electron chi connectivity index (χ4n) is 2.97. The molecule has 2 aromatic heterocycles. The van der Waals surface area contributed by atoms with Crippen molar-refractivity contribution < 1.29 is 38.1 Å². The second kappa shape index (κ2) is 10.0. The Morgan fingerprint density at radius 1 is 0.912 bits per heavy atom. The molecule has 34 heavy (non-hydrogen) atoms. The number of carbonyl (C=O) groups excluding carboxylic acids is 1. The van der Waals surface area contributed by atoms with Gasteiger partial charge in [-0.15, -0.1) is 0 Å². The number of rotatable bonds is 5. The van der Waals surface area contributed by atoms with Crippen LogP contribution in [0.1, 0.15) is 27.6 Å². The molecule has 0 amide bonds. The molecule has 0 radical (unpaired) electrons. The van der Waals surface area contributed by atoms with Crippen molar-refractivity contribution in [3.05, 3.63) is 77.1 Å². The van der Waals surface area contributed by atoms with Gasteiger partial charge in [-0.05, 0) is 19.1 Å². The number of carboxylic acid groups (broad SMARTS) is 1. The van der Waals surface area contributed by atoms with Crippen molar-refractivity contribution in [1.82, 2.24) is 0 Å². The van der Waals surface area contributed by atoms with Gasteiger partial charge in [0.05, 0.1) is 16.5 Å². The molecular formula is C20H12Br2N2O10. The highest BCUT2D eigenvalue weighted by molar-refractivity contribution is 9.10. The average Bonchev–Trinajstić information content (AvgIpc) is 3.37. The van der Waals surface area contributed by atoms with Crippen molar-refractivity contribution >= 4 is 77.1 Å². The Hall–Kier alpha value is -3.78. The number of non-ortho nitro benzene ring substituents is 2. The summed E-state index contributed by atoms with van der Waals surface area (Å²) in [7, 11) is 0. The van der Waals surface area contributed by atoms with Crippen LogP contribution in [-0.2, 0) is 4.74 Å². The van der Waals surface area contributed by atoms with Crippen LogP contribution in [-0.4, -0.2) is 33.5 Å². The Morgan fingerprint density at radius 2 is 1.35 bits per heavy atom. The first-order valence-electron chi connectivity index (χ1n) is 9.15. The summed E-state index contributed by atoms with van der Waals surface area (Å²) in [6.07, 6.45) is 2.16. The SMILES string of the molecule is CCOC(=O)c1coc2c([N+](=O)[O-])cc(Br)cc12.O=C(O)c1coc2c([N+](=O)[O-])cc(Br)cc12. The van der Waals surface area contributed by atoms with Gasteiger partial charge in [0.15, 0.2) is 0 Å². The molecule has 0 aliphatic heterocycles. The van der Waals surface area contributed by atoms with Crippen LogP contribution in [0, 0.1) is 20.2 Å². The number of nitro benzene ring substituents is 2. The predicted octanol–water partition coefficient (Wildman–Crippen LogP) is 6.08. The van der Waals surface area contributed by atoms with Crippen molar-refractivity contribution in [2.45, 2.75) is 6.92 Å². The van der Waals surface area contributed by atoms with E-state index in [0.717, 1.165) is 6.26 Å². The largest absolute Gasteiger partial charge is 0.478 e. The molecule has 2 heterocycles. The minimum Gasteiger partial charge on any atom is -0.478 e. The van der Waals surface area contributed by atoms with E-state index in [1.54, 1.807) is 13.0 Å². The van der Waals surface area contributed by atoms with Gasteiger partial charge in [-0.2, -0.15) is 0 Å². The highest BCUT2D eigenvalue weighted by atomic mass is 79.9. The Bertz CT molecular complexity index is 1460. The molecule has 0 saturated carbocycles. The Balaban J connectivity index is 0.000000192. The first kappa shape index (κ1) is 24.9. The highest BCUT2D eigenvalue weighted by Crippen LogP contribution is 2.34. The van der Waals surface area contributed by atoms with Gasteiger partial charge in [0.2, 0.25) is 11.2 Å². The first-order valence-corrected chi connectivity index (χ1v) is 10.7. The van der Waals surface area contributed by atoms with E-state index in [9.17, 15) is 29.8 Å². The molecule has 0 unspecified atom stereocenters. The number of aromatic carboxylic acids is 1. The molecule has 1 N–H and O–H groups in total. The maximum Gasteiger partial charge on any atom is 0.342 e. The molecule has 4 rings (SSSR count). The van der Waals surface area contributed by atoms with Crippen LogP contribution in [0.15, 0.2) is 54.6 Å². The standard InChI is InChI=1S/C11H8BrNO5.C9H4BrNO5/c1-2-17-11(14)8-5-18-10-7(8)3-6(12)4-9(10)13(15)16;10-4-1-5-6(9(12)13)3-16-8(5)7(2-4)11(14)15/h3-5H,2H2,1H3;1-3H,(H,12,13). The van der Waals surface area contributed by atoms with Crippen molar-refractivity contribution in [3.8, 4) is 0 Å². The quantitative estimate of drug-likeness (QED) is 0.160. The topological polar surface area (TPSA) is 176 Å². The van der Waals surface area contributed by atoms with E-state index in [0.29, 0.717) is 14.3 Å². The summed E-state index contributed by atoms with van der Waals surface area (Å²) < 4.78 is 15.8. The Morgan fingerprint density at radius 3 is 1.76 bits per heavy atom. The molecule has 0 saturated heterocycles. The number of nitrogens with zero attached hydrogens (tertiary/aromatic N) is 2. The third kappa shape index (κ3) is 4.92. The van der Waals surface area contributed by atoms with Gasteiger partial charge in [-0.1, -0.05) is 31.9 Å². The molecule has 0 bridgehead atoms. The van der Waals surface area contributed by atoms with Crippen molar-refractivity contribution in [1.29, 1.82) is 0 Å². The number of ether oxygens (including phenoxy) is 1. The predicted molar refractivity (Wildman–Crippen MR) is 124 cm³/mol. The fraction of sp³-hybridized carbons (Fsp3) is 0.100. The molecule has 0 spiro atoms. The number of carboxylic acids is 1. The second-order valence-electron chi connectivity index (χ2n) is 6.44. The van der Waals surface area contributed by atoms with Gasteiger partial charge < -0.3 is 18.7 Å². The molecule has 14 heteroatoms. The maximum absolute atomic E-state index is 11.6. The highest BCUT2D eigenvalue weighted by Gasteiger charge is 2.23. The number of carbonyl (C=O) groups is 2. The second-order valence-corrected chi connectivity index (χ2v) is 8.27. The van der Waals surface area contributed by atoms with Crippen LogP contribution in [0.5, 0.6) is 0 Å². The summed E-state index contributed by atoms with van der Waals surface area (Å²) in [5, 5.41) is 31.0. The number of halogens is 2. The summed E-state index contributed by atoms with van der Waals surface area (Å²) in [6.45, 7) is 1.90. The van der Waals surface area contributed by atoms with Gasteiger partial charge in [0.1, 0.15) is 23.7 Å². The van der Waals surface area contributed by atoms with Crippen LogP contribution >= 0.6 is 31.9 Å². The molecule has 12 nitrogen and oxygen atoms in total. The zero-order valence-electron chi connectivity index (χ0n) is 16.9. The van der Waals surface area contributed by atoms with E-state index in [1.165, 1.54) is 24.5 Å². The number of benzene rings is 2. The van der Waals surface area contributed by atoms with E-state index in [2.05, 4.69) is 31.9 Å². The number of nitro groups is 2. The number of esters is 1. The normalized spacial score (nSPS) is 10.6. The summed E-state index contributed by atoms with van der Waals surface area (Å²) in [5.41, 5.74) is -0.362. The fourth-order valence-corrected chi connectivity index (χ4v) is 3.86. The summed E-state index contributed by atoms with van der Waals surface area (Å²) in [6, 6.07) is 5.63. The third-order valence-electron chi connectivity index (χ3n) is 4.36. The molecule has 4 aromatic rings. The lowest BCUT2D eigenvalue weighted by Gasteiger charge is -1.99. The summed E-state index contributed by atoms with van der Waals surface area (Å²) >= 11 is 6.24. The van der Waals surface area contributed by atoms with Gasteiger partial charge in [-0.25, -0.2) is 9.59 Å².